The zero-order valence-electron chi connectivity index (χ0n) is 19.2. The number of carbonyl (C=O) groups excluding carboxylic acids is 2. The van der Waals surface area contributed by atoms with Crippen LogP contribution in [0.1, 0.15) is 59.3 Å². The van der Waals surface area contributed by atoms with Crippen LogP contribution in [0.2, 0.25) is 0 Å². The maximum absolute atomic E-state index is 12.1. The molecule has 1 atom stereocenters. The summed E-state index contributed by atoms with van der Waals surface area (Å²) < 4.78 is 31.6. The average molecular weight is 435 g/mol. The van der Waals surface area contributed by atoms with Crippen LogP contribution >= 0.6 is 0 Å². The van der Waals surface area contributed by atoms with E-state index in [1.54, 1.807) is 0 Å². The fourth-order valence-electron chi connectivity index (χ4n) is 2.52. The van der Waals surface area contributed by atoms with Gasteiger partial charge in [-0.15, -0.1) is 0 Å². The van der Waals surface area contributed by atoms with Crippen molar-refractivity contribution in [2.24, 2.45) is 5.92 Å². The molecule has 0 aliphatic heterocycles. The monoisotopic (exact) mass is 434 g/mol. The van der Waals surface area contributed by atoms with Gasteiger partial charge in [0.15, 0.2) is 0 Å². The molecule has 8 heteroatoms. The topological polar surface area (TPSA) is 89.5 Å². The quantitative estimate of drug-likeness (QED) is 0.190. The van der Waals surface area contributed by atoms with Crippen LogP contribution in [0.15, 0.2) is 0 Å². The van der Waals surface area contributed by atoms with Crippen molar-refractivity contribution in [1.29, 1.82) is 0 Å². The van der Waals surface area contributed by atoms with E-state index in [-0.39, 0.29) is 37.5 Å². The minimum Gasteiger partial charge on any atom is -0.463 e. The summed E-state index contributed by atoms with van der Waals surface area (Å²) in [5, 5.41) is 0. The molecule has 0 rings (SSSR count). The largest absolute Gasteiger partial charge is 0.463 e. The standard InChI is InChI=1S/C22H42O8/c1-4-10-25-12-14-27-16-18-29-21(23)9-7-8-20(6-3)22(24)30-19-17-28-15-13-26-11-5-2/h20H,4-19H2,1-3H3. The van der Waals surface area contributed by atoms with Gasteiger partial charge >= 0.3 is 11.9 Å². The predicted octanol–water partition coefficient (Wildman–Crippen LogP) is 3.16. The molecule has 0 saturated carbocycles. The fraction of sp³-hybridized carbons (Fsp3) is 0.909. The van der Waals surface area contributed by atoms with E-state index < -0.39 is 0 Å². The molecular formula is C22H42O8. The SMILES string of the molecule is CCCOCCOCCOC(=O)CCCC(CC)C(=O)OCCOCCOCCC. The Balaban J connectivity index is 3.63. The van der Waals surface area contributed by atoms with Crippen LogP contribution in [-0.2, 0) is 38.0 Å². The molecule has 0 aromatic rings. The predicted molar refractivity (Wildman–Crippen MR) is 113 cm³/mol. The molecule has 0 bridgehead atoms. The summed E-state index contributed by atoms with van der Waals surface area (Å²) in [6.45, 7) is 10.8. The van der Waals surface area contributed by atoms with Crippen LogP contribution in [0.25, 0.3) is 0 Å². The minimum absolute atomic E-state index is 0.211. The highest BCUT2D eigenvalue weighted by Gasteiger charge is 2.18. The first-order valence-electron chi connectivity index (χ1n) is 11.3. The van der Waals surface area contributed by atoms with E-state index in [1.807, 2.05) is 13.8 Å². The van der Waals surface area contributed by atoms with Gasteiger partial charge in [-0.25, -0.2) is 0 Å². The van der Waals surface area contributed by atoms with Crippen molar-refractivity contribution in [3.63, 3.8) is 0 Å². The summed E-state index contributed by atoms with van der Waals surface area (Å²) in [6.07, 6.45) is 4.11. The molecule has 0 aliphatic rings. The summed E-state index contributed by atoms with van der Waals surface area (Å²) in [4.78, 5) is 23.9. The molecule has 8 nitrogen and oxygen atoms in total. The van der Waals surface area contributed by atoms with E-state index in [0.29, 0.717) is 58.9 Å². The Morgan fingerprint density at radius 2 is 1.10 bits per heavy atom. The molecule has 0 radical (unpaired) electrons. The van der Waals surface area contributed by atoms with E-state index in [1.165, 1.54) is 0 Å². The van der Waals surface area contributed by atoms with Crippen LogP contribution in [0.4, 0.5) is 0 Å². The first kappa shape index (κ1) is 28.8. The van der Waals surface area contributed by atoms with E-state index in [9.17, 15) is 9.59 Å². The van der Waals surface area contributed by atoms with Gasteiger partial charge in [-0.1, -0.05) is 20.8 Å². The Labute approximate surface area is 181 Å². The normalized spacial score (nSPS) is 12.0. The van der Waals surface area contributed by atoms with Gasteiger partial charge in [0, 0.05) is 19.6 Å². The molecule has 30 heavy (non-hydrogen) atoms. The maximum atomic E-state index is 12.1. The second kappa shape index (κ2) is 22.5. The third-order valence-electron chi connectivity index (χ3n) is 4.16. The molecule has 0 heterocycles. The number of rotatable bonds is 22. The first-order valence-corrected chi connectivity index (χ1v) is 11.3. The van der Waals surface area contributed by atoms with E-state index in [0.717, 1.165) is 26.1 Å². The lowest BCUT2D eigenvalue weighted by atomic mass is 9.99. The summed E-state index contributed by atoms with van der Waals surface area (Å²) in [5.41, 5.74) is 0. The van der Waals surface area contributed by atoms with E-state index in [4.69, 9.17) is 28.4 Å². The van der Waals surface area contributed by atoms with Crippen molar-refractivity contribution >= 4 is 11.9 Å². The molecule has 1 unspecified atom stereocenters. The van der Waals surface area contributed by atoms with Gasteiger partial charge in [0.1, 0.15) is 13.2 Å². The van der Waals surface area contributed by atoms with Crippen molar-refractivity contribution in [3.8, 4) is 0 Å². The Morgan fingerprint density at radius 3 is 1.60 bits per heavy atom. The number of esters is 2. The van der Waals surface area contributed by atoms with Crippen molar-refractivity contribution in [2.75, 3.05) is 66.1 Å². The smallest absolute Gasteiger partial charge is 0.308 e. The maximum Gasteiger partial charge on any atom is 0.308 e. The van der Waals surface area contributed by atoms with Crippen LogP contribution in [0.5, 0.6) is 0 Å². The number of hydrogen-bond donors (Lipinski definition) is 0. The number of hydrogen-bond acceptors (Lipinski definition) is 8. The third kappa shape index (κ3) is 18.8. The van der Waals surface area contributed by atoms with Gasteiger partial charge in [0.25, 0.3) is 0 Å². The second-order valence-electron chi connectivity index (χ2n) is 6.83. The lowest BCUT2D eigenvalue weighted by Crippen LogP contribution is -2.20. The van der Waals surface area contributed by atoms with Gasteiger partial charge in [-0.2, -0.15) is 0 Å². The van der Waals surface area contributed by atoms with Crippen molar-refractivity contribution in [3.05, 3.63) is 0 Å². The van der Waals surface area contributed by atoms with Crippen molar-refractivity contribution < 1.29 is 38.0 Å². The highest BCUT2D eigenvalue weighted by molar-refractivity contribution is 5.72. The third-order valence-corrected chi connectivity index (χ3v) is 4.16. The minimum atomic E-state index is -0.275. The molecular weight excluding hydrogens is 392 g/mol. The molecule has 0 N–H and O–H groups in total. The molecule has 0 saturated heterocycles. The van der Waals surface area contributed by atoms with Gasteiger partial charge in [-0.05, 0) is 32.1 Å². The van der Waals surface area contributed by atoms with Crippen molar-refractivity contribution in [1.82, 2.24) is 0 Å². The Morgan fingerprint density at radius 1 is 0.633 bits per heavy atom. The van der Waals surface area contributed by atoms with Crippen LogP contribution < -0.4 is 0 Å². The number of ether oxygens (including phenoxy) is 6. The zero-order valence-corrected chi connectivity index (χ0v) is 19.2. The van der Waals surface area contributed by atoms with Crippen LogP contribution in [-0.4, -0.2) is 78.0 Å². The van der Waals surface area contributed by atoms with Gasteiger partial charge in [0.05, 0.1) is 45.6 Å². The molecule has 0 aliphatic carbocycles. The Kier molecular flexibility index (Phi) is 21.6. The Hall–Kier alpha value is -1.22. The van der Waals surface area contributed by atoms with Gasteiger partial charge < -0.3 is 28.4 Å². The highest BCUT2D eigenvalue weighted by Crippen LogP contribution is 2.15. The summed E-state index contributed by atoms with van der Waals surface area (Å²) in [7, 11) is 0. The first-order chi connectivity index (χ1) is 14.7. The Bertz CT molecular complexity index is 403. The van der Waals surface area contributed by atoms with Crippen LogP contribution in [0, 0.1) is 5.92 Å². The molecule has 0 aromatic carbocycles. The van der Waals surface area contributed by atoms with E-state index >= 15 is 0 Å². The molecule has 0 aromatic heterocycles. The zero-order chi connectivity index (χ0) is 22.3. The summed E-state index contributed by atoms with van der Waals surface area (Å²) in [5.74, 6) is -0.727. The van der Waals surface area contributed by atoms with Crippen molar-refractivity contribution in [2.45, 2.75) is 59.3 Å². The molecule has 178 valence electrons. The lowest BCUT2D eigenvalue weighted by molar-refractivity contribution is -0.151. The van der Waals surface area contributed by atoms with Gasteiger partial charge in [0.2, 0.25) is 0 Å². The summed E-state index contributed by atoms with van der Waals surface area (Å²) >= 11 is 0. The lowest BCUT2D eigenvalue weighted by Gasteiger charge is -2.14. The fourth-order valence-corrected chi connectivity index (χ4v) is 2.52. The van der Waals surface area contributed by atoms with E-state index in [2.05, 4.69) is 6.92 Å². The number of carbonyl (C=O) groups is 2. The molecule has 0 fully saturated rings. The average Bonchev–Trinajstić information content (AvgIpc) is 2.74. The second-order valence-corrected chi connectivity index (χ2v) is 6.83. The summed E-state index contributed by atoms with van der Waals surface area (Å²) in [6, 6.07) is 0. The molecule has 0 spiro atoms. The highest BCUT2D eigenvalue weighted by atomic mass is 16.6. The van der Waals surface area contributed by atoms with Gasteiger partial charge in [-0.3, -0.25) is 9.59 Å². The molecule has 0 amide bonds. The van der Waals surface area contributed by atoms with Crippen LogP contribution in [0.3, 0.4) is 0 Å².